The van der Waals surface area contributed by atoms with Crippen LogP contribution in [0.3, 0.4) is 0 Å². The molecule has 2 aromatic rings. The highest BCUT2D eigenvalue weighted by atomic mass is 15.2. The number of fused-ring (bicyclic) bond motifs is 1. The maximum absolute atomic E-state index is 5.67. The molecule has 5 nitrogen and oxygen atoms in total. The first-order valence-corrected chi connectivity index (χ1v) is 5.84. The van der Waals surface area contributed by atoms with E-state index < -0.39 is 0 Å². The average molecular weight is 231 g/mol. The minimum Gasteiger partial charge on any atom is -0.353 e. The number of rotatable bonds is 5. The Bertz CT molecular complexity index is 483. The van der Waals surface area contributed by atoms with Crippen LogP contribution in [0.25, 0.3) is 11.0 Å². The Kier molecular flexibility index (Phi) is 3.82. The molecule has 0 spiro atoms. The second kappa shape index (κ2) is 5.54. The van der Waals surface area contributed by atoms with Crippen molar-refractivity contribution in [3.8, 4) is 0 Å². The number of hydrogen-bond donors (Lipinski definition) is 2. The van der Waals surface area contributed by atoms with Crippen molar-refractivity contribution in [3.63, 3.8) is 0 Å². The monoisotopic (exact) mass is 231 g/mol. The van der Waals surface area contributed by atoms with Crippen molar-refractivity contribution >= 4 is 17.0 Å². The smallest absolute Gasteiger partial charge is 0.243 e. The molecule has 1 aromatic heterocycles. The van der Waals surface area contributed by atoms with Gasteiger partial charge in [0.15, 0.2) is 0 Å². The van der Waals surface area contributed by atoms with E-state index in [1.807, 2.05) is 31.2 Å². The summed E-state index contributed by atoms with van der Waals surface area (Å²) < 4.78 is 0. The van der Waals surface area contributed by atoms with Gasteiger partial charge in [-0.3, -0.25) is 0 Å². The molecule has 1 unspecified atom stereocenters. The minimum atomic E-state index is 0.243. The molecular formula is C12H17N5. The van der Waals surface area contributed by atoms with Gasteiger partial charge in [0, 0.05) is 12.6 Å². The van der Waals surface area contributed by atoms with Gasteiger partial charge in [-0.2, -0.15) is 0 Å². The fourth-order valence-electron chi connectivity index (χ4n) is 1.58. The Morgan fingerprint density at radius 3 is 2.76 bits per heavy atom. The number of aromatic nitrogens is 3. The van der Waals surface area contributed by atoms with E-state index in [0.717, 1.165) is 30.4 Å². The molecule has 0 saturated carbocycles. The van der Waals surface area contributed by atoms with Gasteiger partial charge in [-0.05, 0) is 31.9 Å². The lowest BCUT2D eigenvalue weighted by atomic mass is 10.2. The molecule has 0 radical (unpaired) electrons. The lowest BCUT2D eigenvalue weighted by molar-refractivity contribution is 0.638. The van der Waals surface area contributed by atoms with Crippen LogP contribution >= 0.6 is 0 Å². The molecule has 0 aliphatic rings. The molecule has 0 amide bonds. The van der Waals surface area contributed by atoms with Crippen molar-refractivity contribution < 1.29 is 0 Å². The van der Waals surface area contributed by atoms with Gasteiger partial charge >= 0.3 is 0 Å². The van der Waals surface area contributed by atoms with E-state index in [4.69, 9.17) is 5.73 Å². The topological polar surface area (TPSA) is 76.7 Å². The van der Waals surface area contributed by atoms with E-state index >= 15 is 0 Å². The molecule has 0 bridgehead atoms. The molecule has 2 rings (SSSR count). The molecule has 90 valence electrons. The molecule has 1 heterocycles. The summed E-state index contributed by atoms with van der Waals surface area (Å²) in [5.74, 6) is 0.577. The van der Waals surface area contributed by atoms with Crippen LogP contribution in [0.4, 0.5) is 5.95 Å². The SMILES string of the molecule is CC(N)CCCNc1nnc2ccccc2n1. The number of hydrogen-bond acceptors (Lipinski definition) is 5. The van der Waals surface area contributed by atoms with Crippen molar-refractivity contribution in [1.82, 2.24) is 15.2 Å². The summed E-state index contributed by atoms with van der Waals surface area (Å²) in [7, 11) is 0. The second-order valence-electron chi connectivity index (χ2n) is 4.17. The summed E-state index contributed by atoms with van der Waals surface area (Å²) in [5.41, 5.74) is 7.35. The van der Waals surface area contributed by atoms with Crippen LogP contribution in [-0.4, -0.2) is 27.8 Å². The predicted octanol–water partition coefficient (Wildman–Crippen LogP) is 1.56. The largest absolute Gasteiger partial charge is 0.353 e. The van der Waals surface area contributed by atoms with Gasteiger partial charge < -0.3 is 11.1 Å². The van der Waals surface area contributed by atoms with Crippen molar-refractivity contribution in [2.24, 2.45) is 5.73 Å². The van der Waals surface area contributed by atoms with Gasteiger partial charge in [-0.15, -0.1) is 10.2 Å². The van der Waals surface area contributed by atoms with Gasteiger partial charge in [0.25, 0.3) is 0 Å². The van der Waals surface area contributed by atoms with Crippen molar-refractivity contribution in [1.29, 1.82) is 0 Å². The van der Waals surface area contributed by atoms with E-state index in [2.05, 4.69) is 20.5 Å². The summed E-state index contributed by atoms with van der Waals surface area (Å²) in [4.78, 5) is 4.38. The van der Waals surface area contributed by atoms with Crippen molar-refractivity contribution in [2.45, 2.75) is 25.8 Å². The number of nitrogens with one attached hydrogen (secondary N) is 1. The van der Waals surface area contributed by atoms with E-state index in [1.165, 1.54) is 0 Å². The lowest BCUT2D eigenvalue weighted by Crippen LogP contribution is -2.16. The van der Waals surface area contributed by atoms with Crippen LogP contribution in [0.5, 0.6) is 0 Å². The molecule has 1 aromatic carbocycles. The molecule has 0 fully saturated rings. The zero-order valence-corrected chi connectivity index (χ0v) is 9.93. The lowest BCUT2D eigenvalue weighted by Gasteiger charge is -2.06. The van der Waals surface area contributed by atoms with E-state index in [9.17, 15) is 0 Å². The fraction of sp³-hybridized carbons (Fsp3) is 0.417. The second-order valence-corrected chi connectivity index (χ2v) is 4.17. The van der Waals surface area contributed by atoms with Crippen LogP contribution in [0, 0.1) is 0 Å². The summed E-state index contributed by atoms with van der Waals surface area (Å²) in [6.07, 6.45) is 2.00. The number of para-hydroxylation sites is 1. The maximum atomic E-state index is 5.67. The first kappa shape index (κ1) is 11.7. The summed E-state index contributed by atoms with van der Waals surface area (Å²) in [6.45, 7) is 2.83. The van der Waals surface area contributed by atoms with E-state index in [0.29, 0.717) is 5.95 Å². The van der Waals surface area contributed by atoms with E-state index in [-0.39, 0.29) is 6.04 Å². The predicted molar refractivity (Wildman–Crippen MR) is 68.7 cm³/mol. The summed E-state index contributed by atoms with van der Waals surface area (Å²) in [6, 6.07) is 7.94. The van der Waals surface area contributed by atoms with Gasteiger partial charge in [0.1, 0.15) is 5.52 Å². The van der Waals surface area contributed by atoms with Crippen molar-refractivity contribution in [3.05, 3.63) is 24.3 Å². The Morgan fingerprint density at radius 1 is 1.24 bits per heavy atom. The van der Waals surface area contributed by atoms with E-state index in [1.54, 1.807) is 0 Å². The summed E-state index contributed by atoms with van der Waals surface area (Å²) in [5, 5.41) is 11.3. The highest BCUT2D eigenvalue weighted by Crippen LogP contribution is 2.08. The third kappa shape index (κ3) is 3.35. The maximum Gasteiger partial charge on any atom is 0.243 e. The van der Waals surface area contributed by atoms with Gasteiger partial charge in [-0.25, -0.2) is 4.98 Å². The van der Waals surface area contributed by atoms with Crippen LogP contribution < -0.4 is 11.1 Å². The average Bonchev–Trinajstić information content (AvgIpc) is 2.34. The molecule has 0 saturated heterocycles. The molecule has 1 atom stereocenters. The van der Waals surface area contributed by atoms with Gasteiger partial charge in [-0.1, -0.05) is 12.1 Å². The first-order valence-electron chi connectivity index (χ1n) is 5.84. The van der Waals surface area contributed by atoms with Gasteiger partial charge in [0.2, 0.25) is 5.95 Å². The van der Waals surface area contributed by atoms with Crippen molar-refractivity contribution in [2.75, 3.05) is 11.9 Å². The number of nitrogens with zero attached hydrogens (tertiary/aromatic N) is 3. The molecule has 0 aliphatic heterocycles. The normalized spacial score (nSPS) is 12.6. The third-order valence-corrected chi connectivity index (χ3v) is 2.48. The quantitative estimate of drug-likeness (QED) is 0.764. The van der Waals surface area contributed by atoms with Gasteiger partial charge in [0.05, 0.1) is 5.52 Å². The standard InChI is InChI=1S/C12H17N5/c1-9(13)5-4-8-14-12-15-10-6-2-3-7-11(10)16-17-12/h2-3,6-7,9H,4-5,8,13H2,1H3,(H,14,15,17). The Labute approximate surface area is 100 Å². The number of benzene rings is 1. The zero-order chi connectivity index (χ0) is 12.1. The Hall–Kier alpha value is -1.75. The van der Waals surface area contributed by atoms with Crippen LogP contribution in [0.2, 0.25) is 0 Å². The fourth-order valence-corrected chi connectivity index (χ4v) is 1.58. The highest BCUT2D eigenvalue weighted by Gasteiger charge is 2.00. The molecule has 5 heteroatoms. The Balaban J connectivity index is 1.95. The Morgan fingerprint density at radius 2 is 2.00 bits per heavy atom. The number of anilines is 1. The molecule has 0 aliphatic carbocycles. The summed E-state index contributed by atoms with van der Waals surface area (Å²) >= 11 is 0. The third-order valence-electron chi connectivity index (χ3n) is 2.48. The first-order chi connectivity index (χ1) is 8.25. The highest BCUT2D eigenvalue weighted by molar-refractivity contribution is 5.73. The molecule has 17 heavy (non-hydrogen) atoms. The van der Waals surface area contributed by atoms with Crippen LogP contribution in [-0.2, 0) is 0 Å². The zero-order valence-electron chi connectivity index (χ0n) is 9.93. The minimum absolute atomic E-state index is 0.243. The van der Waals surface area contributed by atoms with Crippen LogP contribution in [0.1, 0.15) is 19.8 Å². The van der Waals surface area contributed by atoms with Crippen LogP contribution in [0.15, 0.2) is 24.3 Å². The number of nitrogens with two attached hydrogens (primary N) is 1. The molecular weight excluding hydrogens is 214 g/mol. The molecule has 3 N–H and O–H groups in total.